The second-order valence-electron chi connectivity index (χ2n) is 6.63. The molecule has 1 aromatic heterocycles. The highest BCUT2D eigenvalue weighted by atomic mass is 15.6. The van der Waals surface area contributed by atoms with Gasteiger partial charge in [-0.2, -0.15) is 0 Å². The lowest BCUT2D eigenvalue weighted by atomic mass is 9.95. The van der Waals surface area contributed by atoms with Crippen molar-refractivity contribution in [2.75, 3.05) is 5.32 Å². The van der Waals surface area contributed by atoms with E-state index in [1.54, 1.807) is 0 Å². The number of nitrogens with one attached hydrogen (secondary N) is 1. The molecule has 1 aliphatic carbocycles. The summed E-state index contributed by atoms with van der Waals surface area (Å²) in [5.74, 6) is 0.891. The van der Waals surface area contributed by atoms with Crippen molar-refractivity contribution in [3.8, 4) is 0 Å². The number of aromatic nitrogens is 4. The van der Waals surface area contributed by atoms with E-state index in [-0.39, 0.29) is 6.04 Å². The summed E-state index contributed by atoms with van der Waals surface area (Å²) in [4.78, 5) is 0. The first-order chi connectivity index (χ1) is 12.4. The molecule has 128 valence electrons. The number of tetrazole rings is 1. The molecule has 0 aliphatic heterocycles. The average molecular weight is 333 g/mol. The summed E-state index contributed by atoms with van der Waals surface area (Å²) in [6.07, 6.45) is 6.15. The maximum Gasteiger partial charge on any atom is 0.178 e. The number of para-hydroxylation sites is 1. The van der Waals surface area contributed by atoms with Gasteiger partial charge in [0.1, 0.15) is 6.04 Å². The standard InChI is InChI=1S/C20H23N5/c1-4-10-16(11-5-1)19(21-17-12-6-2-7-13-17)20-22-23-24-25(20)18-14-8-3-9-15-18/h1-2,4-7,10-13,18-19,21H,3,8-9,14-15H2. The van der Waals surface area contributed by atoms with Crippen LogP contribution in [0.1, 0.15) is 55.6 Å². The highest BCUT2D eigenvalue weighted by Gasteiger charge is 2.26. The molecule has 0 bridgehead atoms. The molecule has 1 fully saturated rings. The molecule has 1 unspecified atom stereocenters. The predicted molar refractivity (Wildman–Crippen MR) is 98.3 cm³/mol. The zero-order valence-corrected chi connectivity index (χ0v) is 14.3. The zero-order chi connectivity index (χ0) is 16.9. The first-order valence-corrected chi connectivity index (χ1v) is 9.06. The molecule has 5 heteroatoms. The van der Waals surface area contributed by atoms with Crippen LogP contribution >= 0.6 is 0 Å². The number of benzene rings is 2. The first kappa shape index (κ1) is 15.8. The topological polar surface area (TPSA) is 55.6 Å². The smallest absolute Gasteiger partial charge is 0.178 e. The monoisotopic (exact) mass is 333 g/mol. The Hall–Kier alpha value is -2.69. The highest BCUT2D eigenvalue weighted by Crippen LogP contribution is 2.32. The van der Waals surface area contributed by atoms with Gasteiger partial charge < -0.3 is 5.32 Å². The minimum Gasteiger partial charge on any atom is -0.371 e. The van der Waals surface area contributed by atoms with Crippen molar-refractivity contribution in [2.24, 2.45) is 0 Å². The van der Waals surface area contributed by atoms with Gasteiger partial charge in [0.15, 0.2) is 5.82 Å². The Morgan fingerprint density at radius 3 is 2.28 bits per heavy atom. The minimum atomic E-state index is -0.0690. The maximum absolute atomic E-state index is 4.40. The van der Waals surface area contributed by atoms with Crippen molar-refractivity contribution < 1.29 is 0 Å². The number of hydrogen-bond acceptors (Lipinski definition) is 4. The largest absolute Gasteiger partial charge is 0.371 e. The molecule has 1 atom stereocenters. The van der Waals surface area contributed by atoms with Gasteiger partial charge >= 0.3 is 0 Å². The van der Waals surface area contributed by atoms with Crippen LogP contribution in [0, 0.1) is 0 Å². The van der Waals surface area contributed by atoms with Gasteiger partial charge in [-0.15, -0.1) is 5.10 Å². The van der Waals surface area contributed by atoms with Crippen molar-refractivity contribution >= 4 is 5.69 Å². The van der Waals surface area contributed by atoms with E-state index in [9.17, 15) is 0 Å². The molecule has 0 saturated heterocycles. The van der Waals surface area contributed by atoms with Crippen molar-refractivity contribution in [1.82, 2.24) is 20.2 Å². The summed E-state index contributed by atoms with van der Waals surface area (Å²) >= 11 is 0. The summed E-state index contributed by atoms with van der Waals surface area (Å²) < 4.78 is 2.05. The first-order valence-electron chi connectivity index (χ1n) is 9.06. The lowest BCUT2D eigenvalue weighted by Crippen LogP contribution is -2.23. The van der Waals surface area contributed by atoms with Gasteiger partial charge in [-0.05, 0) is 41.0 Å². The highest BCUT2D eigenvalue weighted by molar-refractivity contribution is 5.47. The number of nitrogens with zero attached hydrogens (tertiary/aromatic N) is 4. The second kappa shape index (κ2) is 7.47. The van der Waals surface area contributed by atoms with Gasteiger partial charge in [0.05, 0.1) is 6.04 Å². The van der Waals surface area contributed by atoms with Gasteiger partial charge in [-0.3, -0.25) is 0 Å². The van der Waals surface area contributed by atoms with Crippen LogP contribution in [0.15, 0.2) is 60.7 Å². The van der Waals surface area contributed by atoms with Crippen LogP contribution in [0.25, 0.3) is 0 Å². The van der Waals surface area contributed by atoms with E-state index in [4.69, 9.17) is 0 Å². The van der Waals surface area contributed by atoms with Crippen LogP contribution in [0.2, 0.25) is 0 Å². The second-order valence-corrected chi connectivity index (χ2v) is 6.63. The Labute approximate surface area is 148 Å². The minimum absolute atomic E-state index is 0.0690. The zero-order valence-electron chi connectivity index (χ0n) is 14.3. The third-order valence-corrected chi connectivity index (χ3v) is 4.91. The lowest BCUT2D eigenvalue weighted by Gasteiger charge is -2.26. The van der Waals surface area contributed by atoms with E-state index in [2.05, 4.69) is 57.2 Å². The Morgan fingerprint density at radius 2 is 1.56 bits per heavy atom. The molecule has 5 nitrogen and oxygen atoms in total. The van der Waals surface area contributed by atoms with Crippen molar-refractivity contribution in [3.05, 3.63) is 72.1 Å². The molecule has 4 rings (SSSR count). The number of anilines is 1. The molecule has 0 amide bonds. The van der Waals surface area contributed by atoms with E-state index in [1.807, 2.05) is 28.9 Å². The Bertz CT molecular complexity index is 778. The van der Waals surface area contributed by atoms with Crippen molar-refractivity contribution in [1.29, 1.82) is 0 Å². The molecular formula is C20H23N5. The summed E-state index contributed by atoms with van der Waals surface area (Å²) in [5.41, 5.74) is 2.23. The fraction of sp³-hybridized carbons (Fsp3) is 0.350. The Morgan fingerprint density at radius 1 is 0.880 bits per heavy atom. The molecule has 0 spiro atoms. The molecule has 2 aromatic carbocycles. The third kappa shape index (κ3) is 3.55. The van der Waals surface area contributed by atoms with Crippen LogP contribution < -0.4 is 5.32 Å². The quantitative estimate of drug-likeness (QED) is 0.753. The van der Waals surface area contributed by atoms with Crippen molar-refractivity contribution in [2.45, 2.75) is 44.2 Å². The fourth-order valence-electron chi connectivity index (χ4n) is 3.62. The lowest BCUT2D eigenvalue weighted by molar-refractivity contribution is 0.315. The third-order valence-electron chi connectivity index (χ3n) is 4.91. The Balaban J connectivity index is 1.70. The van der Waals surface area contributed by atoms with Gasteiger partial charge in [-0.25, -0.2) is 4.68 Å². The summed E-state index contributed by atoms with van der Waals surface area (Å²) in [6, 6.07) is 21.0. The van der Waals surface area contributed by atoms with Crippen LogP contribution in [-0.4, -0.2) is 20.2 Å². The molecule has 1 saturated carbocycles. The van der Waals surface area contributed by atoms with Crippen LogP contribution in [-0.2, 0) is 0 Å². The summed E-state index contributed by atoms with van der Waals surface area (Å²) in [5, 5.41) is 16.4. The van der Waals surface area contributed by atoms with Gasteiger partial charge in [0, 0.05) is 5.69 Å². The van der Waals surface area contributed by atoms with Gasteiger partial charge in [-0.1, -0.05) is 67.8 Å². The molecule has 1 aliphatic rings. The van der Waals surface area contributed by atoms with Gasteiger partial charge in [0.25, 0.3) is 0 Å². The van der Waals surface area contributed by atoms with E-state index in [0.717, 1.165) is 24.4 Å². The van der Waals surface area contributed by atoms with Gasteiger partial charge in [0.2, 0.25) is 0 Å². The van der Waals surface area contributed by atoms with Crippen molar-refractivity contribution in [3.63, 3.8) is 0 Å². The summed E-state index contributed by atoms with van der Waals surface area (Å²) in [7, 11) is 0. The van der Waals surface area contributed by atoms with Crippen LogP contribution in [0.5, 0.6) is 0 Å². The summed E-state index contributed by atoms with van der Waals surface area (Å²) in [6.45, 7) is 0. The van der Waals surface area contributed by atoms with E-state index < -0.39 is 0 Å². The molecule has 1 heterocycles. The molecule has 0 radical (unpaired) electrons. The van der Waals surface area contributed by atoms with Crippen LogP contribution in [0.3, 0.4) is 0 Å². The number of hydrogen-bond donors (Lipinski definition) is 1. The fourth-order valence-corrected chi connectivity index (χ4v) is 3.62. The molecule has 3 aromatic rings. The van der Waals surface area contributed by atoms with Crippen LogP contribution in [0.4, 0.5) is 5.69 Å². The molecule has 25 heavy (non-hydrogen) atoms. The predicted octanol–water partition coefficient (Wildman–Crippen LogP) is 4.38. The van der Waals surface area contributed by atoms with E-state index >= 15 is 0 Å². The average Bonchev–Trinajstić information content (AvgIpc) is 3.18. The molecule has 1 N–H and O–H groups in total. The number of rotatable bonds is 5. The maximum atomic E-state index is 4.40. The normalized spacial score (nSPS) is 16.5. The van der Waals surface area contributed by atoms with E-state index in [0.29, 0.717) is 6.04 Å². The van der Waals surface area contributed by atoms with E-state index in [1.165, 1.54) is 24.8 Å². The SMILES string of the molecule is c1ccc(NC(c2ccccc2)c2nnnn2C2CCCCC2)cc1. The molecular weight excluding hydrogens is 310 g/mol. The Kier molecular flexibility index (Phi) is 4.72.